The van der Waals surface area contributed by atoms with Crippen molar-refractivity contribution < 1.29 is 13.9 Å². The maximum atomic E-state index is 12.2. The minimum absolute atomic E-state index is 0.0228. The molecule has 1 atom stereocenters. The monoisotopic (exact) mass is 343 g/mol. The van der Waals surface area contributed by atoms with Crippen molar-refractivity contribution in [3.8, 4) is 5.75 Å². The van der Waals surface area contributed by atoms with E-state index < -0.39 is 0 Å². The molecular weight excluding hydrogens is 318 g/mol. The van der Waals surface area contributed by atoms with E-state index in [9.17, 15) is 4.79 Å². The number of piperazine rings is 1. The molecule has 0 bridgehead atoms. The van der Waals surface area contributed by atoms with Gasteiger partial charge in [-0.1, -0.05) is 12.1 Å². The van der Waals surface area contributed by atoms with E-state index in [1.54, 1.807) is 13.4 Å². The van der Waals surface area contributed by atoms with Gasteiger partial charge >= 0.3 is 0 Å². The molecule has 1 amide bonds. The predicted molar refractivity (Wildman–Crippen MR) is 96.9 cm³/mol. The SMILES string of the molecule is COc1ccccc1N1CCN(CC(=O)N[C@@H](C)c2ccco2)CC1. The summed E-state index contributed by atoms with van der Waals surface area (Å²) in [6.07, 6.45) is 1.62. The molecular formula is C19H25N3O3. The lowest BCUT2D eigenvalue weighted by Crippen LogP contribution is -2.49. The highest BCUT2D eigenvalue weighted by molar-refractivity contribution is 5.78. The number of hydrogen-bond donors (Lipinski definition) is 1. The Balaban J connectivity index is 1.48. The highest BCUT2D eigenvalue weighted by Crippen LogP contribution is 2.28. The first-order chi connectivity index (χ1) is 12.2. The average molecular weight is 343 g/mol. The van der Waals surface area contributed by atoms with E-state index >= 15 is 0 Å². The number of hydrogen-bond acceptors (Lipinski definition) is 5. The lowest BCUT2D eigenvalue weighted by molar-refractivity contribution is -0.123. The molecule has 6 heteroatoms. The zero-order valence-electron chi connectivity index (χ0n) is 14.8. The Bertz CT molecular complexity index is 679. The summed E-state index contributed by atoms with van der Waals surface area (Å²) in [6, 6.07) is 11.6. The topological polar surface area (TPSA) is 58.0 Å². The number of carbonyl (C=O) groups excluding carboxylic acids is 1. The highest BCUT2D eigenvalue weighted by Gasteiger charge is 2.22. The van der Waals surface area contributed by atoms with Crippen molar-refractivity contribution in [1.29, 1.82) is 0 Å². The Morgan fingerprint density at radius 3 is 2.64 bits per heavy atom. The third kappa shape index (κ3) is 4.33. The van der Waals surface area contributed by atoms with Crippen molar-refractivity contribution >= 4 is 11.6 Å². The largest absolute Gasteiger partial charge is 0.495 e. The number of ether oxygens (including phenoxy) is 1. The molecule has 2 heterocycles. The number of anilines is 1. The molecule has 1 aromatic heterocycles. The summed E-state index contributed by atoms with van der Waals surface area (Å²) in [7, 11) is 1.69. The van der Waals surface area contributed by atoms with E-state index in [0.717, 1.165) is 43.4 Å². The third-order valence-corrected chi connectivity index (χ3v) is 4.51. The normalized spacial score (nSPS) is 16.5. The molecule has 134 valence electrons. The standard InChI is InChI=1S/C19H25N3O3/c1-15(17-8-5-13-25-17)20-19(23)14-21-9-11-22(12-10-21)16-6-3-4-7-18(16)24-2/h3-8,13,15H,9-12,14H2,1-2H3,(H,20,23)/t15-/m0/s1. The maximum absolute atomic E-state index is 12.2. The molecule has 0 radical (unpaired) electrons. The van der Waals surface area contributed by atoms with Gasteiger partial charge in [-0.15, -0.1) is 0 Å². The number of furan rings is 1. The van der Waals surface area contributed by atoms with Gasteiger partial charge in [-0.25, -0.2) is 0 Å². The molecule has 2 aromatic rings. The van der Waals surface area contributed by atoms with Crippen LogP contribution in [-0.2, 0) is 4.79 Å². The van der Waals surface area contributed by atoms with Gasteiger partial charge in [0.2, 0.25) is 5.91 Å². The molecule has 0 aliphatic carbocycles. The van der Waals surface area contributed by atoms with Crippen LogP contribution in [0.4, 0.5) is 5.69 Å². The Kier molecular flexibility index (Phi) is 5.60. The minimum atomic E-state index is -0.114. The van der Waals surface area contributed by atoms with Gasteiger partial charge in [0.05, 0.1) is 31.6 Å². The van der Waals surface area contributed by atoms with Crippen molar-refractivity contribution in [1.82, 2.24) is 10.2 Å². The second kappa shape index (κ2) is 8.07. The Hall–Kier alpha value is -2.47. The second-order valence-corrected chi connectivity index (χ2v) is 6.24. The molecule has 0 spiro atoms. The fourth-order valence-electron chi connectivity index (χ4n) is 3.14. The van der Waals surface area contributed by atoms with E-state index in [1.165, 1.54) is 0 Å². The molecule has 25 heavy (non-hydrogen) atoms. The van der Waals surface area contributed by atoms with Gasteiger partial charge in [-0.2, -0.15) is 0 Å². The summed E-state index contributed by atoms with van der Waals surface area (Å²) in [6.45, 7) is 5.78. The number of methoxy groups -OCH3 is 1. The number of nitrogens with one attached hydrogen (secondary N) is 1. The van der Waals surface area contributed by atoms with Crippen LogP contribution in [0.1, 0.15) is 18.7 Å². The van der Waals surface area contributed by atoms with E-state index in [-0.39, 0.29) is 11.9 Å². The maximum Gasteiger partial charge on any atom is 0.234 e. The number of amides is 1. The number of carbonyl (C=O) groups is 1. The quantitative estimate of drug-likeness (QED) is 0.872. The second-order valence-electron chi connectivity index (χ2n) is 6.24. The number of para-hydroxylation sites is 2. The average Bonchev–Trinajstić information content (AvgIpc) is 3.17. The van der Waals surface area contributed by atoms with Gasteiger partial charge in [0, 0.05) is 26.2 Å². The van der Waals surface area contributed by atoms with Crippen LogP contribution in [0.3, 0.4) is 0 Å². The molecule has 1 saturated heterocycles. The first kappa shape index (κ1) is 17.4. The molecule has 1 N–H and O–H groups in total. The van der Waals surface area contributed by atoms with Crippen LogP contribution >= 0.6 is 0 Å². The zero-order valence-corrected chi connectivity index (χ0v) is 14.8. The lowest BCUT2D eigenvalue weighted by Gasteiger charge is -2.36. The van der Waals surface area contributed by atoms with Crippen LogP contribution in [0.15, 0.2) is 47.1 Å². The Morgan fingerprint density at radius 2 is 1.96 bits per heavy atom. The van der Waals surface area contributed by atoms with Gasteiger partial charge in [0.25, 0.3) is 0 Å². The molecule has 0 saturated carbocycles. The minimum Gasteiger partial charge on any atom is -0.495 e. The van der Waals surface area contributed by atoms with Crippen LogP contribution in [0.2, 0.25) is 0 Å². The van der Waals surface area contributed by atoms with Crippen molar-refractivity contribution in [2.45, 2.75) is 13.0 Å². The van der Waals surface area contributed by atoms with Gasteiger partial charge in [0.15, 0.2) is 0 Å². The third-order valence-electron chi connectivity index (χ3n) is 4.51. The van der Waals surface area contributed by atoms with E-state index in [0.29, 0.717) is 6.54 Å². The molecule has 1 aliphatic rings. The molecule has 0 unspecified atom stereocenters. The van der Waals surface area contributed by atoms with Crippen LogP contribution in [0.25, 0.3) is 0 Å². The molecule has 3 rings (SSSR count). The van der Waals surface area contributed by atoms with Gasteiger partial charge in [-0.05, 0) is 31.2 Å². The number of benzene rings is 1. The van der Waals surface area contributed by atoms with E-state index in [1.807, 2.05) is 37.3 Å². The first-order valence-corrected chi connectivity index (χ1v) is 8.60. The highest BCUT2D eigenvalue weighted by atomic mass is 16.5. The molecule has 1 aliphatic heterocycles. The summed E-state index contributed by atoms with van der Waals surface area (Å²) in [5.41, 5.74) is 1.11. The summed E-state index contributed by atoms with van der Waals surface area (Å²) in [5, 5.41) is 2.98. The van der Waals surface area contributed by atoms with Gasteiger partial charge in [0.1, 0.15) is 11.5 Å². The van der Waals surface area contributed by atoms with Crippen LogP contribution < -0.4 is 15.0 Å². The zero-order chi connectivity index (χ0) is 17.6. The van der Waals surface area contributed by atoms with Crippen molar-refractivity contribution in [3.05, 3.63) is 48.4 Å². The van der Waals surface area contributed by atoms with Crippen LogP contribution in [-0.4, -0.2) is 50.6 Å². The first-order valence-electron chi connectivity index (χ1n) is 8.60. The predicted octanol–water partition coefficient (Wildman–Crippen LogP) is 2.29. The summed E-state index contributed by atoms with van der Waals surface area (Å²) < 4.78 is 10.8. The van der Waals surface area contributed by atoms with E-state index in [2.05, 4.69) is 21.2 Å². The van der Waals surface area contributed by atoms with Crippen molar-refractivity contribution in [2.24, 2.45) is 0 Å². The van der Waals surface area contributed by atoms with Gasteiger partial charge < -0.3 is 19.4 Å². The Morgan fingerprint density at radius 1 is 1.20 bits per heavy atom. The van der Waals surface area contributed by atoms with Crippen molar-refractivity contribution in [2.75, 3.05) is 44.7 Å². The van der Waals surface area contributed by atoms with Crippen LogP contribution in [0, 0.1) is 0 Å². The number of nitrogens with zero attached hydrogens (tertiary/aromatic N) is 2. The molecule has 1 fully saturated rings. The summed E-state index contributed by atoms with van der Waals surface area (Å²) in [4.78, 5) is 16.7. The van der Waals surface area contributed by atoms with Crippen LogP contribution in [0.5, 0.6) is 5.75 Å². The summed E-state index contributed by atoms with van der Waals surface area (Å²) >= 11 is 0. The van der Waals surface area contributed by atoms with E-state index in [4.69, 9.17) is 9.15 Å². The smallest absolute Gasteiger partial charge is 0.234 e. The van der Waals surface area contributed by atoms with Gasteiger partial charge in [-0.3, -0.25) is 9.69 Å². The van der Waals surface area contributed by atoms with Crippen molar-refractivity contribution in [3.63, 3.8) is 0 Å². The molecule has 1 aromatic carbocycles. The Labute approximate surface area is 148 Å². The fourth-order valence-corrected chi connectivity index (χ4v) is 3.14. The molecule has 6 nitrogen and oxygen atoms in total. The fraction of sp³-hybridized carbons (Fsp3) is 0.421. The summed E-state index contributed by atoms with van der Waals surface area (Å²) in [5.74, 6) is 1.69. The lowest BCUT2D eigenvalue weighted by atomic mass is 10.2. The number of rotatable bonds is 6.